The van der Waals surface area contributed by atoms with Crippen LogP contribution in [0.15, 0.2) is 57.7 Å². The van der Waals surface area contributed by atoms with Gasteiger partial charge in [0.05, 0.1) is 30.2 Å². The number of hydrogen-bond donors (Lipinski definition) is 6. The van der Waals surface area contributed by atoms with Gasteiger partial charge in [-0.15, -0.1) is 0 Å². The van der Waals surface area contributed by atoms with Crippen LogP contribution in [0.3, 0.4) is 0 Å². The van der Waals surface area contributed by atoms with Gasteiger partial charge in [0.25, 0.3) is 0 Å². The number of fused-ring (bicyclic) bond motifs is 14. The molecule has 1 aromatic rings. The lowest BCUT2D eigenvalue weighted by atomic mass is 9.42. The smallest absolute Gasteiger partial charge is 0.185 e. The summed E-state index contributed by atoms with van der Waals surface area (Å²) in [6, 6.07) is 0.200. The van der Waals surface area contributed by atoms with Gasteiger partial charge in [-0.1, -0.05) is 84.4 Å². The lowest BCUT2D eigenvalue weighted by molar-refractivity contribution is -0.171. The number of ketones is 1. The van der Waals surface area contributed by atoms with E-state index in [9.17, 15) is 25.2 Å². The summed E-state index contributed by atoms with van der Waals surface area (Å²) in [5, 5.41) is 50.4. The number of carbonyl (C=O) groups excluding carboxylic acids is 1. The number of aromatic nitrogens is 2. The highest BCUT2D eigenvalue weighted by atomic mass is 33.1. The fraction of sp³-hybridized carbons (Fsp3) is 0.788. The van der Waals surface area contributed by atoms with Crippen molar-refractivity contribution in [3.63, 3.8) is 0 Å². The normalized spacial score (nSPS) is 46.9. The van der Waals surface area contributed by atoms with Gasteiger partial charge >= 0.3 is 0 Å². The highest BCUT2D eigenvalue weighted by Crippen LogP contribution is 2.74. The van der Waals surface area contributed by atoms with Crippen LogP contribution in [0.2, 0.25) is 0 Å². The fourth-order valence-electron chi connectivity index (χ4n) is 18.5. The van der Waals surface area contributed by atoms with E-state index >= 15 is 0 Å². The maximum Gasteiger partial charge on any atom is 0.185 e. The van der Waals surface area contributed by atoms with E-state index in [4.69, 9.17) is 11.5 Å². The van der Waals surface area contributed by atoms with E-state index in [2.05, 4.69) is 48.4 Å². The number of aliphatic hydroxyl groups is 4. The number of aliphatic imine (C=N–C) groups is 1. The summed E-state index contributed by atoms with van der Waals surface area (Å²) in [5.74, 6) is 1.42. The Morgan fingerprint density at radius 1 is 0.922 bits per heavy atom. The average molecular weight is 914 g/mol. The number of nitrogens with two attached hydrogens (primary N) is 2. The zero-order chi connectivity index (χ0) is 44.7. The first-order chi connectivity index (χ1) is 30.5. The second-order valence-corrected chi connectivity index (χ2v) is 26.7. The molecule has 1 aliphatic heterocycles. The van der Waals surface area contributed by atoms with Crippen molar-refractivity contribution in [1.82, 2.24) is 9.55 Å². The van der Waals surface area contributed by atoms with Crippen LogP contribution in [0.4, 0.5) is 0 Å². The van der Waals surface area contributed by atoms with Crippen LogP contribution >= 0.6 is 21.6 Å². The number of guanidine groups is 1. The molecule has 8 N–H and O–H groups in total. The Bertz CT molecular complexity index is 2160. The van der Waals surface area contributed by atoms with Crippen LogP contribution < -0.4 is 11.5 Å². The second kappa shape index (κ2) is 15.7. The molecular weight excluding hydrogens is 839 g/mol. The predicted molar refractivity (Wildman–Crippen MR) is 255 cm³/mol. The molecule has 0 amide bonds. The summed E-state index contributed by atoms with van der Waals surface area (Å²) in [6.07, 6.45) is 21.6. The predicted octanol–water partition coefficient (Wildman–Crippen LogP) is 7.93. The zero-order valence-electron chi connectivity index (χ0n) is 38.8. The van der Waals surface area contributed by atoms with Gasteiger partial charge in [0.15, 0.2) is 11.7 Å². The molecule has 2 heterocycles. The van der Waals surface area contributed by atoms with Gasteiger partial charge in [-0.3, -0.25) is 9.79 Å². The third-order valence-corrected chi connectivity index (χ3v) is 23.2. The van der Waals surface area contributed by atoms with Crippen LogP contribution in [0.25, 0.3) is 0 Å². The molecule has 11 rings (SSSR count). The first-order valence-corrected chi connectivity index (χ1v) is 27.8. The van der Waals surface area contributed by atoms with E-state index in [0.29, 0.717) is 30.2 Å². The summed E-state index contributed by atoms with van der Waals surface area (Å²) in [6.45, 7) is 9.79. The molecule has 1 aromatic heterocycles. The molecule has 350 valence electrons. The van der Waals surface area contributed by atoms with Crippen molar-refractivity contribution >= 4 is 33.3 Å². The van der Waals surface area contributed by atoms with E-state index < -0.39 is 40.7 Å². The topological polar surface area (TPSA) is 180 Å². The number of carbonyl (C=O) groups is 1. The Balaban J connectivity index is 1.10. The molecule has 12 heteroatoms. The minimum Gasteiger partial charge on any atom is -0.392 e. The minimum absolute atomic E-state index is 0.000710. The quantitative estimate of drug-likeness (QED) is 0.0755. The lowest BCUT2D eigenvalue weighted by Crippen LogP contribution is -2.65. The van der Waals surface area contributed by atoms with Gasteiger partial charge in [-0.2, -0.15) is 0 Å². The third kappa shape index (κ3) is 6.35. The van der Waals surface area contributed by atoms with Crippen molar-refractivity contribution < 1.29 is 25.2 Å². The molecule has 1 spiro atoms. The van der Waals surface area contributed by atoms with E-state index in [0.717, 1.165) is 49.2 Å². The Kier molecular flexibility index (Phi) is 10.9. The highest BCUT2D eigenvalue weighted by molar-refractivity contribution is 8.76. The summed E-state index contributed by atoms with van der Waals surface area (Å²) < 4.78 is 2.32. The number of allylic oxidation sites excluding steroid dienone is 3. The summed E-state index contributed by atoms with van der Waals surface area (Å²) in [5.41, 5.74) is 17.1. The Labute approximate surface area is 388 Å². The SMILES string of the molecule is CC1(C)CC(n2ccnc2)CSSCC2CC(C3CC4CCCC5=C4C(C1=C1CCCC4(CCCC4)C51)C3O)C1(C)CC(CN=C(N)N)C3C(=CC(=O)C4CC(O)C(O)CC43C)C21O. The Hall–Kier alpha value is -2.09. The summed E-state index contributed by atoms with van der Waals surface area (Å²) in [4.78, 5) is 23.9. The average Bonchev–Trinajstić information content (AvgIpc) is 4.00. The Morgan fingerprint density at radius 2 is 1.67 bits per heavy atom. The zero-order valence-corrected chi connectivity index (χ0v) is 40.4. The van der Waals surface area contributed by atoms with E-state index in [1.165, 1.54) is 51.4 Å². The number of hydrogen-bond acceptors (Lipinski definition) is 9. The van der Waals surface area contributed by atoms with Gasteiger partial charge in [-0.25, -0.2) is 4.98 Å². The highest BCUT2D eigenvalue weighted by Gasteiger charge is 2.73. The molecule has 0 radical (unpaired) electrons. The fourth-order valence-corrected chi connectivity index (χ4v) is 21.3. The monoisotopic (exact) mass is 914 g/mol. The first kappa shape index (κ1) is 44.4. The summed E-state index contributed by atoms with van der Waals surface area (Å²) in [7, 11) is 3.77. The van der Waals surface area contributed by atoms with Gasteiger partial charge in [0, 0.05) is 65.6 Å². The first-order valence-electron chi connectivity index (χ1n) is 25.3. The summed E-state index contributed by atoms with van der Waals surface area (Å²) >= 11 is 0. The Morgan fingerprint density at radius 3 is 2.42 bits per heavy atom. The maximum absolute atomic E-state index is 14.6. The number of rotatable bonds is 3. The number of nitrogens with zero attached hydrogens (tertiary/aromatic N) is 3. The second-order valence-electron chi connectivity index (χ2n) is 24.1. The van der Waals surface area contributed by atoms with Crippen molar-refractivity contribution in [3.8, 4) is 0 Å². The van der Waals surface area contributed by atoms with Gasteiger partial charge in [-0.05, 0) is 147 Å². The molecule has 16 atom stereocenters. The molecule has 10 nitrogen and oxygen atoms in total. The van der Waals surface area contributed by atoms with Gasteiger partial charge < -0.3 is 36.5 Å². The van der Waals surface area contributed by atoms with Crippen LogP contribution in [0, 0.1) is 74.9 Å². The number of imidazole rings is 1. The van der Waals surface area contributed by atoms with Crippen LogP contribution in [-0.4, -0.2) is 83.7 Å². The number of aliphatic hydroxyl groups excluding tert-OH is 3. The molecule has 1 saturated heterocycles. The molecular formula is C52H75N5O5S2. The minimum atomic E-state index is -1.33. The van der Waals surface area contributed by atoms with Gasteiger partial charge in [0.1, 0.15) is 0 Å². The molecule has 64 heavy (non-hydrogen) atoms. The molecule has 0 aromatic carbocycles. The van der Waals surface area contributed by atoms with E-state index in [1.54, 1.807) is 28.4 Å². The van der Waals surface area contributed by atoms with E-state index in [1.807, 2.05) is 34.1 Å². The maximum atomic E-state index is 14.6. The van der Waals surface area contributed by atoms with Crippen LogP contribution in [0.5, 0.6) is 0 Å². The molecule has 4 bridgehead atoms. The van der Waals surface area contributed by atoms with Crippen LogP contribution in [-0.2, 0) is 4.79 Å². The molecule has 7 fully saturated rings. The van der Waals surface area contributed by atoms with E-state index in [-0.39, 0.29) is 71.5 Å². The molecule has 16 unspecified atom stereocenters. The van der Waals surface area contributed by atoms with Crippen molar-refractivity contribution in [3.05, 3.63) is 52.7 Å². The van der Waals surface area contributed by atoms with Crippen molar-refractivity contribution in [2.75, 3.05) is 18.1 Å². The third-order valence-electron chi connectivity index (χ3n) is 20.7. The van der Waals surface area contributed by atoms with Crippen molar-refractivity contribution in [2.45, 2.75) is 160 Å². The molecule has 9 aliphatic carbocycles. The van der Waals surface area contributed by atoms with Gasteiger partial charge in [0.2, 0.25) is 0 Å². The van der Waals surface area contributed by atoms with Crippen molar-refractivity contribution in [2.24, 2.45) is 91.4 Å². The molecule has 10 aliphatic rings. The standard InChI is InChI=1S/C52H75N5O5S2/c1-48(2)22-31(57-16-15-55-27-57)26-64-63-25-30-18-35(34-17-28-9-7-10-32-41(28)42(46(34)61)45(48)33-11-8-14-51(44(32)33)12-5-6-13-51)50(4)21-29(24-56-47(53)54)43-37(52(30,50)62)20-38(58)36-19-39(59)40(60)23-49(36,43)3/h15-16,20,27-31,34-36,39-40,42-44,46,59-62H,5-14,17-19,21-26H2,1-4H3,(H4,53,54,56). The van der Waals surface area contributed by atoms with Crippen molar-refractivity contribution in [1.29, 1.82) is 0 Å². The largest absolute Gasteiger partial charge is 0.392 e. The molecule has 6 saturated carbocycles. The lowest BCUT2D eigenvalue weighted by Gasteiger charge is -2.64. The van der Waals surface area contributed by atoms with Crippen LogP contribution in [0.1, 0.15) is 136 Å².